The quantitative estimate of drug-likeness (QED) is 0.102. The van der Waals surface area contributed by atoms with E-state index in [1.165, 1.54) is 107 Å². The van der Waals surface area contributed by atoms with Gasteiger partial charge in [-0.15, -0.1) is 0 Å². The topological polar surface area (TPSA) is 7.76 Å². The number of rotatable bonds is 13. The van der Waals surface area contributed by atoms with Crippen molar-refractivity contribution in [3.05, 3.63) is 217 Å². The SMILES string of the molecule is CCCCc1cccc2c3[n+](ccc12)C(CC)C(CC)(CC[n+]1ccccc1-c1cc(-c2cccc(-c4cc(-c5ccccc5)cc(-c5ccccc5)c4)c2)ccc1C)c1ccccc1-3. The molecule has 0 saturated carbocycles. The van der Waals surface area contributed by atoms with Crippen LogP contribution in [0.25, 0.3) is 77.8 Å². The Morgan fingerprint density at radius 3 is 1.82 bits per heavy atom. The Morgan fingerprint density at radius 2 is 1.11 bits per heavy atom. The second-order valence-corrected chi connectivity index (χ2v) is 18.2. The summed E-state index contributed by atoms with van der Waals surface area (Å²) >= 11 is 0. The maximum absolute atomic E-state index is 2.66. The summed E-state index contributed by atoms with van der Waals surface area (Å²) in [4.78, 5) is 0. The zero-order chi connectivity index (χ0) is 44.3. The third-order valence-corrected chi connectivity index (χ3v) is 14.6. The molecule has 2 aromatic heterocycles. The van der Waals surface area contributed by atoms with Crippen LogP contribution in [0.2, 0.25) is 0 Å². The molecule has 0 spiro atoms. The van der Waals surface area contributed by atoms with Gasteiger partial charge in [0.15, 0.2) is 18.4 Å². The fourth-order valence-corrected chi connectivity index (χ4v) is 11.2. The summed E-state index contributed by atoms with van der Waals surface area (Å²) < 4.78 is 5.19. The molecule has 0 amide bonds. The summed E-state index contributed by atoms with van der Waals surface area (Å²) in [7, 11) is 0. The van der Waals surface area contributed by atoms with Crippen LogP contribution in [-0.4, -0.2) is 0 Å². The summed E-state index contributed by atoms with van der Waals surface area (Å²) in [5.74, 6) is 0. The Kier molecular flexibility index (Phi) is 11.8. The maximum atomic E-state index is 2.66. The average molecular weight is 845 g/mol. The Hall–Kier alpha value is -6.90. The monoisotopic (exact) mass is 844 g/mol. The molecular weight excluding hydrogens is 785 g/mol. The van der Waals surface area contributed by atoms with Gasteiger partial charge in [-0.3, -0.25) is 0 Å². The number of hydrogen-bond donors (Lipinski definition) is 0. The van der Waals surface area contributed by atoms with Gasteiger partial charge in [0, 0.05) is 36.6 Å². The molecule has 0 fully saturated rings. The fourth-order valence-electron chi connectivity index (χ4n) is 11.2. The predicted octanol–water partition coefficient (Wildman–Crippen LogP) is 15.8. The van der Waals surface area contributed by atoms with Gasteiger partial charge in [-0.05, 0) is 141 Å². The van der Waals surface area contributed by atoms with E-state index < -0.39 is 0 Å². The molecule has 2 atom stereocenters. The fraction of sp³-hybridized carbons (Fsp3) is 0.206. The van der Waals surface area contributed by atoms with Crippen molar-refractivity contribution < 1.29 is 9.13 Å². The van der Waals surface area contributed by atoms with Crippen molar-refractivity contribution in [1.29, 1.82) is 0 Å². The lowest BCUT2D eigenvalue weighted by atomic mass is 9.64. The molecule has 7 aromatic carbocycles. The van der Waals surface area contributed by atoms with Crippen molar-refractivity contribution in [3.63, 3.8) is 0 Å². The number of hydrogen-bond acceptors (Lipinski definition) is 0. The van der Waals surface area contributed by atoms with E-state index in [1.54, 1.807) is 0 Å². The summed E-state index contributed by atoms with van der Waals surface area (Å²) in [6, 6.07) is 70.4. The highest BCUT2D eigenvalue weighted by Gasteiger charge is 2.51. The van der Waals surface area contributed by atoms with Crippen LogP contribution < -0.4 is 9.13 Å². The molecule has 3 heterocycles. The van der Waals surface area contributed by atoms with E-state index >= 15 is 0 Å². The molecule has 65 heavy (non-hydrogen) atoms. The number of nitrogens with zero attached hydrogens (tertiary/aromatic N) is 2. The van der Waals surface area contributed by atoms with Crippen LogP contribution in [0.5, 0.6) is 0 Å². The van der Waals surface area contributed by atoms with E-state index in [-0.39, 0.29) is 5.41 Å². The van der Waals surface area contributed by atoms with Crippen LogP contribution in [-0.2, 0) is 18.4 Å². The smallest absolute Gasteiger partial charge is 0.198 e. The zero-order valence-electron chi connectivity index (χ0n) is 38.5. The van der Waals surface area contributed by atoms with Gasteiger partial charge in [-0.25, -0.2) is 0 Å². The van der Waals surface area contributed by atoms with Crippen molar-refractivity contribution in [3.8, 4) is 67.0 Å². The lowest BCUT2D eigenvalue weighted by Gasteiger charge is -2.41. The molecule has 2 heteroatoms. The molecule has 9 aromatic rings. The van der Waals surface area contributed by atoms with Crippen molar-refractivity contribution in [2.24, 2.45) is 0 Å². The summed E-state index contributed by atoms with van der Waals surface area (Å²) in [6.07, 6.45) is 11.4. The first-order valence-corrected chi connectivity index (χ1v) is 24.0. The highest BCUT2D eigenvalue weighted by Crippen LogP contribution is 2.50. The molecule has 10 rings (SSSR count). The molecular formula is C63H60N2+2. The van der Waals surface area contributed by atoms with E-state index in [9.17, 15) is 0 Å². The van der Waals surface area contributed by atoms with Crippen molar-refractivity contribution in [1.82, 2.24) is 0 Å². The Labute approximate surface area is 386 Å². The number of fused-ring (bicyclic) bond motifs is 5. The van der Waals surface area contributed by atoms with Gasteiger partial charge in [-0.2, -0.15) is 9.13 Å². The van der Waals surface area contributed by atoms with E-state index in [4.69, 9.17) is 0 Å². The number of benzene rings is 7. The molecule has 0 bridgehead atoms. The molecule has 0 aliphatic carbocycles. The standard InChI is InChI=1S/C63H60N2/c1-5-8-21-48-26-20-30-56-55(48)35-38-65-61(6-2)63(7-3,59-31-16-15-29-57(59)62(56)65)36-39-64-37-18-17-32-60(64)58-44-51(34-33-45(58)4)49-27-19-28-50(40-49)54-42-52(46-22-11-9-12-23-46)41-53(43-54)47-24-13-10-14-25-47/h9-20,22-35,37-38,40-44,61H,5-8,21,36,39H2,1-4H3/q+2. The van der Waals surface area contributed by atoms with Crippen LogP contribution in [0.4, 0.5) is 0 Å². The Balaban J connectivity index is 0.999. The molecule has 1 aliphatic heterocycles. The molecule has 0 N–H and O–H groups in total. The van der Waals surface area contributed by atoms with Crippen molar-refractivity contribution in [2.75, 3.05) is 0 Å². The Morgan fingerprint density at radius 1 is 0.492 bits per heavy atom. The van der Waals surface area contributed by atoms with E-state index in [2.05, 4.69) is 237 Å². The van der Waals surface area contributed by atoms with Crippen LogP contribution in [0.3, 0.4) is 0 Å². The van der Waals surface area contributed by atoms with Crippen LogP contribution in [0, 0.1) is 6.92 Å². The second-order valence-electron chi connectivity index (χ2n) is 18.2. The maximum Gasteiger partial charge on any atom is 0.220 e. The van der Waals surface area contributed by atoms with Gasteiger partial charge < -0.3 is 0 Å². The third-order valence-electron chi connectivity index (χ3n) is 14.6. The minimum Gasteiger partial charge on any atom is -0.198 e. The van der Waals surface area contributed by atoms with E-state index in [0.717, 1.165) is 32.2 Å². The molecule has 1 aliphatic rings. The largest absolute Gasteiger partial charge is 0.220 e. The second kappa shape index (κ2) is 18.3. The van der Waals surface area contributed by atoms with Gasteiger partial charge in [0.2, 0.25) is 11.4 Å². The first-order valence-electron chi connectivity index (χ1n) is 24.0. The molecule has 0 radical (unpaired) electrons. The average Bonchev–Trinajstić information content (AvgIpc) is 3.37. The van der Waals surface area contributed by atoms with Gasteiger partial charge in [-0.1, -0.05) is 149 Å². The lowest BCUT2D eigenvalue weighted by Crippen LogP contribution is -2.56. The van der Waals surface area contributed by atoms with E-state index in [1.807, 2.05) is 0 Å². The van der Waals surface area contributed by atoms with Crippen LogP contribution in [0.1, 0.15) is 75.6 Å². The normalized spacial score (nSPS) is 15.4. The van der Waals surface area contributed by atoms with Crippen LogP contribution >= 0.6 is 0 Å². The van der Waals surface area contributed by atoms with Crippen molar-refractivity contribution >= 4 is 10.8 Å². The van der Waals surface area contributed by atoms with E-state index in [0.29, 0.717) is 6.04 Å². The number of unbranched alkanes of at least 4 members (excludes halogenated alkanes) is 1. The molecule has 0 saturated heterocycles. The highest BCUT2D eigenvalue weighted by molar-refractivity contribution is 5.96. The number of pyridine rings is 2. The van der Waals surface area contributed by atoms with Gasteiger partial charge >= 0.3 is 0 Å². The highest BCUT2D eigenvalue weighted by atomic mass is 15.0. The molecule has 320 valence electrons. The van der Waals surface area contributed by atoms with Gasteiger partial charge in [0.1, 0.15) is 6.54 Å². The first-order chi connectivity index (χ1) is 32.0. The molecule has 2 nitrogen and oxygen atoms in total. The minimum absolute atomic E-state index is 0.0356. The Bertz CT molecular complexity index is 3070. The summed E-state index contributed by atoms with van der Waals surface area (Å²) in [5, 5.41) is 2.79. The zero-order valence-corrected chi connectivity index (χ0v) is 38.5. The lowest BCUT2D eigenvalue weighted by molar-refractivity contribution is -0.729. The van der Waals surface area contributed by atoms with Gasteiger partial charge in [0.05, 0.1) is 16.4 Å². The van der Waals surface area contributed by atoms with Crippen LogP contribution in [0.15, 0.2) is 200 Å². The summed E-state index contributed by atoms with van der Waals surface area (Å²) in [6.45, 7) is 10.3. The number of aromatic nitrogens is 2. The van der Waals surface area contributed by atoms with Crippen molar-refractivity contribution in [2.45, 2.75) is 84.2 Å². The third kappa shape index (κ3) is 7.90. The first kappa shape index (κ1) is 42.1. The molecule has 2 unspecified atom stereocenters. The minimum atomic E-state index is -0.0356. The number of aryl methyl sites for hydroxylation is 3. The summed E-state index contributed by atoms with van der Waals surface area (Å²) in [5.41, 5.74) is 19.3. The predicted molar refractivity (Wildman–Crippen MR) is 273 cm³/mol. The van der Waals surface area contributed by atoms with Gasteiger partial charge in [0.25, 0.3) is 0 Å².